The number of nitrogens with zero attached hydrogens (tertiary/aromatic N) is 1. The van der Waals surface area contributed by atoms with Crippen molar-refractivity contribution in [3.63, 3.8) is 0 Å². The van der Waals surface area contributed by atoms with Crippen molar-refractivity contribution in [3.8, 4) is 11.5 Å². The molecule has 0 aromatic heterocycles. The molecule has 1 atom stereocenters. The Morgan fingerprint density at radius 2 is 1.81 bits per heavy atom. The molecule has 3 aromatic rings. The van der Waals surface area contributed by atoms with Crippen molar-refractivity contribution < 1.29 is 28.6 Å². The number of aryl methyl sites for hydroxylation is 1. The Morgan fingerprint density at radius 1 is 1.08 bits per heavy atom. The summed E-state index contributed by atoms with van der Waals surface area (Å²) in [5, 5.41) is 11.5. The fourth-order valence-corrected chi connectivity index (χ4v) is 4.47. The minimum Gasteiger partial charge on any atom is -0.507 e. The molecular formula is C28H25ClFNO5. The number of ether oxygens (including phenoxy) is 2. The summed E-state index contributed by atoms with van der Waals surface area (Å²) in [7, 11) is 1.45. The van der Waals surface area contributed by atoms with E-state index in [1.54, 1.807) is 36.4 Å². The van der Waals surface area contributed by atoms with Gasteiger partial charge in [-0.25, -0.2) is 4.39 Å². The fraction of sp³-hybridized carbons (Fsp3) is 0.214. The number of rotatable bonds is 7. The van der Waals surface area contributed by atoms with Crippen LogP contribution in [0.25, 0.3) is 5.76 Å². The second kappa shape index (κ2) is 10.4. The summed E-state index contributed by atoms with van der Waals surface area (Å²) in [4.78, 5) is 27.7. The maximum absolute atomic E-state index is 15.0. The van der Waals surface area contributed by atoms with E-state index in [4.69, 9.17) is 21.1 Å². The summed E-state index contributed by atoms with van der Waals surface area (Å²) in [6.07, 6.45) is 0.836. The summed E-state index contributed by atoms with van der Waals surface area (Å²) in [5.74, 6) is -1.86. The molecule has 1 N–H and O–H groups in total. The molecule has 0 saturated carbocycles. The molecular weight excluding hydrogens is 485 g/mol. The maximum atomic E-state index is 15.0. The van der Waals surface area contributed by atoms with Crippen molar-refractivity contribution in [2.75, 3.05) is 18.6 Å². The lowest BCUT2D eigenvalue weighted by molar-refractivity contribution is -0.132. The third-order valence-corrected chi connectivity index (χ3v) is 6.26. The van der Waals surface area contributed by atoms with Gasteiger partial charge in [0, 0.05) is 16.8 Å². The number of amides is 1. The number of benzene rings is 3. The lowest BCUT2D eigenvalue weighted by atomic mass is 9.94. The van der Waals surface area contributed by atoms with Gasteiger partial charge in [-0.15, -0.1) is 0 Å². The number of ketones is 1. The smallest absolute Gasteiger partial charge is 0.300 e. The second-order valence-corrected chi connectivity index (χ2v) is 8.75. The first-order valence-corrected chi connectivity index (χ1v) is 11.8. The lowest BCUT2D eigenvalue weighted by Crippen LogP contribution is -2.29. The number of hydrogen-bond acceptors (Lipinski definition) is 5. The van der Waals surface area contributed by atoms with Gasteiger partial charge in [-0.05, 0) is 61.4 Å². The van der Waals surface area contributed by atoms with Crippen molar-refractivity contribution in [1.29, 1.82) is 0 Å². The molecule has 0 bridgehead atoms. The van der Waals surface area contributed by atoms with Crippen LogP contribution in [0, 0.1) is 12.7 Å². The molecule has 36 heavy (non-hydrogen) atoms. The standard InChI is InChI=1S/C28H25ClFNO5/c1-4-13-36-22-11-9-17(14-16(22)2)26(32)24-25(19-7-5-6-8-21(19)30)31(28(34)27(24)33)18-10-12-23(35-3)20(29)15-18/h5-12,14-15,25,32H,4,13H2,1-3H3/b26-24+. The molecule has 1 aliphatic rings. The van der Waals surface area contributed by atoms with Crippen LogP contribution in [0.15, 0.2) is 66.2 Å². The highest BCUT2D eigenvalue weighted by atomic mass is 35.5. The number of hydrogen-bond donors (Lipinski definition) is 1. The molecule has 1 amide bonds. The summed E-state index contributed by atoms with van der Waals surface area (Å²) < 4.78 is 25.9. The molecule has 0 spiro atoms. The number of methoxy groups -OCH3 is 1. The Morgan fingerprint density at radius 3 is 2.44 bits per heavy atom. The minimum atomic E-state index is -1.22. The molecule has 1 saturated heterocycles. The quantitative estimate of drug-likeness (QED) is 0.233. The van der Waals surface area contributed by atoms with E-state index in [0.29, 0.717) is 23.7 Å². The number of aliphatic hydroxyl groups is 1. The summed E-state index contributed by atoms with van der Waals surface area (Å²) in [6.45, 7) is 4.34. The van der Waals surface area contributed by atoms with Crippen LogP contribution >= 0.6 is 11.6 Å². The molecule has 186 valence electrons. The van der Waals surface area contributed by atoms with Crippen LogP contribution in [-0.4, -0.2) is 30.5 Å². The molecule has 0 radical (unpaired) electrons. The molecule has 0 aliphatic carbocycles. The Kier molecular flexibility index (Phi) is 7.31. The number of anilines is 1. The predicted octanol–water partition coefficient (Wildman–Crippen LogP) is 6.21. The molecule has 1 unspecified atom stereocenters. The van der Waals surface area contributed by atoms with Gasteiger partial charge in [-0.3, -0.25) is 14.5 Å². The van der Waals surface area contributed by atoms with Gasteiger partial charge < -0.3 is 14.6 Å². The summed E-state index contributed by atoms with van der Waals surface area (Å²) >= 11 is 6.29. The van der Waals surface area contributed by atoms with Crippen molar-refractivity contribution in [2.45, 2.75) is 26.3 Å². The molecule has 1 fully saturated rings. The normalized spacial score (nSPS) is 16.9. The van der Waals surface area contributed by atoms with E-state index in [1.807, 2.05) is 13.8 Å². The zero-order chi connectivity index (χ0) is 26.0. The Labute approximate surface area is 213 Å². The molecule has 1 aliphatic heterocycles. The maximum Gasteiger partial charge on any atom is 0.300 e. The van der Waals surface area contributed by atoms with Gasteiger partial charge in [-0.1, -0.05) is 36.7 Å². The van der Waals surface area contributed by atoms with E-state index in [0.717, 1.165) is 16.9 Å². The number of carbonyl (C=O) groups excluding carboxylic acids is 2. The van der Waals surface area contributed by atoms with Crippen molar-refractivity contribution >= 4 is 34.7 Å². The topological polar surface area (TPSA) is 76.1 Å². The number of Topliss-reactive ketones (excluding diaryl/α,β-unsaturated/α-hetero) is 1. The number of halogens is 2. The predicted molar refractivity (Wildman–Crippen MR) is 136 cm³/mol. The van der Waals surface area contributed by atoms with Gasteiger partial charge in [0.15, 0.2) is 0 Å². The third kappa shape index (κ3) is 4.54. The Bertz CT molecular complexity index is 1370. The van der Waals surface area contributed by atoms with Crippen LogP contribution in [0.1, 0.15) is 36.1 Å². The van der Waals surface area contributed by atoms with Crippen LogP contribution in [0.5, 0.6) is 11.5 Å². The van der Waals surface area contributed by atoms with Crippen LogP contribution in [0.3, 0.4) is 0 Å². The molecule has 4 rings (SSSR count). The van der Waals surface area contributed by atoms with Gasteiger partial charge in [0.25, 0.3) is 11.7 Å². The van der Waals surface area contributed by atoms with E-state index >= 15 is 4.39 Å². The van der Waals surface area contributed by atoms with Crippen molar-refractivity contribution in [2.24, 2.45) is 0 Å². The van der Waals surface area contributed by atoms with Crippen LogP contribution in [-0.2, 0) is 9.59 Å². The monoisotopic (exact) mass is 509 g/mol. The second-order valence-electron chi connectivity index (χ2n) is 8.34. The molecule has 1 heterocycles. The zero-order valence-electron chi connectivity index (χ0n) is 20.0. The first kappa shape index (κ1) is 25.3. The molecule has 6 nitrogen and oxygen atoms in total. The molecule has 3 aromatic carbocycles. The highest BCUT2D eigenvalue weighted by Crippen LogP contribution is 2.44. The SMILES string of the molecule is CCCOc1ccc(/C(O)=C2\C(=O)C(=O)N(c3ccc(OC)c(Cl)c3)C2c2ccccc2F)cc1C. The van der Waals surface area contributed by atoms with E-state index in [9.17, 15) is 14.7 Å². The van der Waals surface area contributed by atoms with Gasteiger partial charge in [0.05, 0.1) is 30.4 Å². The lowest BCUT2D eigenvalue weighted by Gasteiger charge is -2.26. The van der Waals surface area contributed by atoms with Crippen molar-refractivity contribution in [3.05, 3.63) is 93.8 Å². The first-order chi connectivity index (χ1) is 17.3. The summed E-state index contributed by atoms with van der Waals surface area (Å²) in [5.41, 5.74) is 1.15. The van der Waals surface area contributed by atoms with Gasteiger partial charge in [-0.2, -0.15) is 0 Å². The Hall–Kier alpha value is -3.84. The van der Waals surface area contributed by atoms with Crippen molar-refractivity contribution in [1.82, 2.24) is 0 Å². The first-order valence-electron chi connectivity index (χ1n) is 11.4. The van der Waals surface area contributed by atoms with E-state index in [1.165, 1.54) is 31.4 Å². The minimum absolute atomic E-state index is 0.0600. The highest BCUT2D eigenvalue weighted by Gasteiger charge is 2.48. The largest absolute Gasteiger partial charge is 0.507 e. The van der Waals surface area contributed by atoms with Crippen LogP contribution < -0.4 is 14.4 Å². The van der Waals surface area contributed by atoms with Crippen LogP contribution in [0.2, 0.25) is 5.02 Å². The van der Waals surface area contributed by atoms with Gasteiger partial charge in [0.1, 0.15) is 23.1 Å². The highest BCUT2D eigenvalue weighted by molar-refractivity contribution is 6.51. The molecule has 8 heteroatoms. The van der Waals surface area contributed by atoms with E-state index in [-0.39, 0.29) is 21.8 Å². The Balaban J connectivity index is 1.90. The number of carbonyl (C=O) groups is 2. The van der Waals surface area contributed by atoms with Gasteiger partial charge >= 0.3 is 0 Å². The van der Waals surface area contributed by atoms with E-state index in [2.05, 4.69) is 0 Å². The average molecular weight is 510 g/mol. The van der Waals surface area contributed by atoms with Crippen LogP contribution in [0.4, 0.5) is 10.1 Å². The third-order valence-electron chi connectivity index (χ3n) is 5.97. The summed E-state index contributed by atoms with van der Waals surface area (Å²) in [6, 6.07) is 14.1. The number of aliphatic hydroxyl groups excluding tert-OH is 1. The van der Waals surface area contributed by atoms with E-state index < -0.39 is 29.3 Å². The fourth-order valence-electron chi connectivity index (χ4n) is 4.22. The average Bonchev–Trinajstić information content (AvgIpc) is 3.13. The van der Waals surface area contributed by atoms with Gasteiger partial charge in [0.2, 0.25) is 0 Å². The zero-order valence-corrected chi connectivity index (χ0v) is 20.8.